The average molecular weight is 275 g/mol. The molecule has 0 unspecified atom stereocenters. The van der Waals surface area contributed by atoms with E-state index in [0.717, 1.165) is 11.5 Å². The summed E-state index contributed by atoms with van der Waals surface area (Å²) in [5.74, 6) is 0.969. The summed E-state index contributed by atoms with van der Waals surface area (Å²) < 4.78 is 0. The van der Waals surface area contributed by atoms with Crippen LogP contribution in [0.15, 0.2) is 18.3 Å². The van der Waals surface area contributed by atoms with Crippen LogP contribution in [-0.4, -0.2) is 11.0 Å². The van der Waals surface area contributed by atoms with Crippen molar-refractivity contribution < 1.29 is 0 Å². The zero-order valence-electron chi connectivity index (χ0n) is 12.6. The minimum Gasteiger partial charge on any atom is -0.397 e. The van der Waals surface area contributed by atoms with Crippen LogP contribution in [0, 0.1) is 0 Å². The lowest BCUT2D eigenvalue weighted by Gasteiger charge is -2.20. The second-order valence-electron chi connectivity index (χ2n) is 6.08. The molecule has 1 aliphatic carbocycles. The lowest BCUT2D eigenvalue weighted by molar-refractivity contribution is 0.479. The number of pyridine rings is 1. The molecule has 1 aliphatic rings. The Morgan fingerprint density at radius 2 is 1.40 bits per heavy atom. The molecule has 1 aromatic rings. The summed E-state index contributed by atoms with van der Waals surface area (Å²) in [7, 11) is 0. The van der Waals surface area contributed by atoms with Crippen molar-refractivity contribution in [2.45, 2.75) is 76.7 Å². The monoisotopic (exact) mass is 275 g/mol. The highest BCUT2D eigenvalue weighted by atomic mass is 15.0. The zero-order valence-corrected chi connectivity index (χ0v) is 12.6. The minimum atomic E-state index is 0.575. The SMILES string of the molecule is Nc1ccc(NC2CCCCCCCCCCC2)nc1. The number of aromatic nitrogens is 1. The van der Waals surface area contributed by atoms with Gasteiger partial charge in [0.25, 0.3) is 0 Å². The molecular formula is C17H29N3. The highest BCUT2D eigenvalue weighted by molar-refractivity contribution is 5.44. The van der Waals surface area contributed by atoms with Crippen LogP contribution in [0.3, 0.4) is 0 Å². The molecule has 0 atom stereocenters. The Morgan fingerprint density at radius 1 is 0.850 bits per heavy atom. The van der Waals surface area contributed by atoms with Gasteiger partial charge in [0.05, 0.1) is 11.9 Å². The van der Waals surface area contributed by atoms with Gasteiger partial charge < -0.3 is 11.1 Å². The first-order chi connectivity index (χ1) is 9.84. The number of hydrogen-bond donors (Lipinski definition) is 2. The van der Waals surface area contributed by atoms with Crippen molar-refractivity contribution in [2.75, 3.05) is 11.1 Å². The number of nitrogens with one attached hydrogen (secondary N) is 1. The Hall–Kier alpha value is -1.25. The Morgan fingerprint density at radius 3 is 1.90 bits per heavy atom. The molecule has 0 spiro atoms. The maximum Gasteiger partial charge on any atom is 0.126 e. The molecular weight excluding hydrogens is 246 g/mol. The van der Waals surface area contributed by atoms with Crippen LogP contribution in [0.2, 0.25) is 0 Å². The summed E-state index contributed by atoms with van der Waals surface area (Å²) in [6, 6.07) is 4.49. The molecule has 3 heteroatoms. The molecule has 1 saturated carbocycles. The summed E-state index contributed by atoms with van der Waals surface area (Å²) in [5.41, 5.74) is 6.42. The Balaban J connectivity index is 1.83. The highest BCUT2D eigenvalue weighted by Crippen LogP contribution is 2.19. The number of anilines is 2. The molecule has 0 radical (unpaired) electrons. The lowest BCUT2D eigenvalue weighted by atomic mass is 9.98. The first-order valence-corrected chi connectivity index (χ1v) is 8.33. The largest absolute Gasteiger partial charge is 0.397 e. The van der Waals surface area contributed by atoms with Crippen molar-refractivity contribution in [2.24, 2.45) is 0 Å². The van der Waals surface area contributed by atoms with Crippen LogP contribution in [-0.2, 0) is 0 Å². The number of hydrogen-bond acceptors (Lipinski definition) is 3. The van der Waals surface area contributed by atoms with Crippen molar-refractivity contribution in [1.29, 1.82) is 0 Å². The van der Waals surface area contributed by atoms with E-state index < -0.39 is 0 Å². The highest BCUT2D eigenvalue weighted by Gasteiger charge is 2.09. The topological polar surface area (TPSA) is 50.9 Å². The molecule has 1 aromatic heterocycles. The summed E-state index contributed by atoms with van der Waals surface area (Å²) in [5, 5.41) is 3.59. The number of nitrogen functional groups attached to an aromatic ring is 1. The molecule has 2 rings (SSSR count). The fourth-order valence-electron chi connectivity index (χ4n) is 3.01. The molecule has 112 valence electrons. The van der Waals surface area contributed by atoms with Crippen molar-refractivity contribution in [3.63, 3.8) is 0 Å². The summed E-state index contributed by atoms with van der Waals surface area (Å²) in [6.45, 7) is 0. The van der Waals surface area contributed by atoms with E-state index in [1.807, 2.05) is 12.1 Å². The molecule has 1 fully saturated rings. The second-order valence-corrected chi connectivity index (χ2v) is 6.08. The number of nitrogens with two attached hydrogens (primary N) is 1. The zero-order chi connectivity index (χ0) is 14.0. The van der Waals surface area contributed by atoms with Gasteiger partial charge in [0.15, 0.2) is 0 Å². The van der Waals surface area contributed by atoms with Gasteiger partial charge in [-0.1, -0.05) is 57.8 Å². The fourth-order valence-corrected chi connectivity index (χ4v) is 3.01. The van der Waals surface area contributed by atoms with Gasteiger partial charge in [-0.3, -0.25) is 0 Å². The van der Waals surface area contributed by atoms with E-state index in [2.05, 4.69) is 10.3 Å². The second kappa shape index (κ2) is 8.83. The third-order valence-corrected chi connectivity index (χ3v) is 4.24. The summed E-state index contributed by atoms with van der Waals surface area (Å²) >= 11 is 0. The summed E-state index contributed by atoms with van der Waals surface area (Å²) in [6.07, 6.45) is 16.8. The maximum atomic E-state index is 5.69. The predicted octanol–water partition coefficient (Wildman–Crippen LogP) is 4.75. The molecule has 0 amide bonds. The molecule has 20 heavy (non-hydrogen) atoms. The number of rotatable bonds is 2. The molecule has 1 heterocycles. The van der Waals surface area contributed by atoms with Gasteiger partial charge in [0.2, 0.25) is 0 Å². The molecule has 0 bridgehead atoms. The van der Waals surface area contributed by atoms with E-state index in [0.29, 0.717) is 6.04 Å². The fraction of sp³-hybridized carbons (Fsp3) is 0.706. The minimum absolute atomic E-state index is 0.575. The van der Waals surface area contributed by atoms with Gasteiger partial charge in [0.1, 0.15) is 5.82 Å². The standard InChI is InChI=1S/C17H29N3/c18-15-12-13-17(19-14-15)20-16-10-8-6-4-2-1-3-5-7-9-11-16/h12-14,16H,1-11,18H2,(H,19,20). The maximum absolute atomic E-state index is 5.69. The predicted molar refractivity (Wildman–Crippen MR) is 86.8 cm³/mol. The van der Waals surface area contributed by atoms with E-state index in [-0.39, 0.29) is 0 Å². The van der Waals surface area contributed by atoms with E-state index in [1.54, 1.807) is 6.20 Å². The van der Waals surface area contributed by atoms with E-state index in [9.17, 15) is 0 Å². The van der Waals surface area contributed by atoms with E-state index in [4.69, 9.17) is 5.73 Å². The molecule has 3 nitrogen and oxygen atoms in total. The molecule has 0 saturated heterocycles. The van der Waals surface area contributed by atoms with Crippen molar-refractivity contribution in [1.82, 2.24) is 4.98 Å². The first kappa shape index (κ1) is 15.1. The Kier molecular flexibility index (Phi) is 6.69. The van der Waals surface area contributed by atoms with Crippen molar-refractivity contribution in [3.05, 3.63) is 18.3 Å². The molecule has 3 N–H and O–H groups in total. The van der Waals surface area contributed by atoms with E-state index >= 15 is 0 Å². The van der Waals surface area contributed by atoms with Crippen LogP contribution < -0.4 is 11.1 Å². The lowest BCUT2D eigenvalue weighted by Crippen LogP contribution is -2.20. The van der Waals surface area contributed by atoms with Crippen LogP contribution in [0.25, 0.3) is 0 Å². The third kappa shape index (κ3) is 5.81. The molecule has 0 aliphatic heterocycles. The van der Waals surface area contributed by atoms with Gasteiger partial charge in [-0.25, -0.2) is 4.98 Å². The van der Waals surface area contributed by atoms with Gasteiger partial charge in [-0.05, 0) is 25.0 Å². The first-order valence-electron chi connectivity index (χ1n) is 8.33. The van der Waals surface area contributed by atoms with Crippen molar-refractivity contribution in [3.8, 4) is 0 Å². The third-order valence-electron chi connectivity index (χ3n) is 4.24. The summed E-state index contributed by atoms with van der Waals surface area (Å²) in [4.78, 5) is 4.37. The van der Waals surface area contributed by atoms with E-state index in [1.165, 1.54) is 70.6 Å². The van der Waals surface area contributed by atoms with Crippen LogP contribution in [0.5, 0.6) is 0 Å². The van der Waals surface area contributed by atoms with Crippen LogP contribution in [0.4, 0.5) is 11.5 Å². The Labute approximate surface area is 123 Å². The molecule has 0 aromatic carbocycles. The van der Waals surface area contributed by atoms with Gasteiger partial charge in [0, 0.05) is 6.04 Å². The Bertz CT molecular complexity index is 349. The normalized spacial score (nSPS) is 19.8. The smallest absolute Gasteiger partial charge is 0.126 e. The quantitative estimate of drug-likeness (QED) is 0.819. The van der Waals surface area contributed by atoms with Crippen LogP contribution >= 0.6 is 0 Å². The number of nitrogens with zero attached hydrogens (tertiary/aromatic N) is 1. The van der Waals surface area contributed by atoms with Crippen LogP contribution in [0.1, 0.15) is 70.6 Å². The van der Waals surface area contributed by atoms with Gasteiger partial charge in [-0.2, -0.15) is 0 Å². The van der Waals surface area contributed by atoms with Crippen molar-refractivity contribution >= 4 is 11.5 Å². The average Bonchev–Trinajstić information content (AvgIpc) is 2.44. The van der Waals surface area contributed by atoms with Gasteiger partial charge >= 0.3 is 0 Å². The van der Waals surface area contributed by atoms with Gasteiger partial charge in [-0.15, -0.1) is 0 Å².